The van der Waals surface area contributed by atoms with Crippen LogP contribution in [0.25, 0.3) is 0 Å². The van der Waals surface area contributed by atoms with Crippen LogP contribution in [0.3, 0.4) is 0 Å². The van der Waals surface area contributed by atoms with Crippen LogP contribution in [0.4, 0.5) is 18.9 Å². The number of hydrogen-bond acceptors (Lipinski definition) is 3. The first kappa shape index (κ1) is 14.5. The third-order valence-corrected chi connectivity index (χ3v) is 1.98. The lowest BCUT2D eigenvalue weighted by molar-refractivity contribution is -0.137. The molecule has 0 aliphatic rings. The van der Waals surface area contributed by atoms with Crippen LogP contribution in [0.2, 0.25) is 0 Å². The summed E-state index contributed by atoms with van der Waals surface area (Å²) in [6.45, 7) is -0.366. The predicted molar refractivity (Wildman–Crippen MR) is 58.7 cm³/mol. The highest BCUT2D eigenvalue weighted by Crippen LogP contribution is 2.30. The van der Waals surface area contributed by atoms with Crippen LogP contribution in [0.15, 0.2) is 24.3 Å². The zero-order valence-electron chi connectivity index (χ0n) is 9.41. The number of benzene rings is 1. The van der Waals surface area contributed by atoms with E-state index in [0.717, 1.165) is 12.1 Å². The zero-order valence-corrected chi connectivity index (χ0v) is 9.41. The second-order valence-corrected chi connectivity index (χ2v) is 3.37. The fourth-order valence-electron chi connectivity index (χ4n) is 1.16. The first-order chi connectivity index (χ1) is 8.84. The maximum absolute atomic E-state index is 12.4. The van der Waals surface area contributed by atoms with Gasteiger partial charge in [-0.05, 0) is 18.2 Å². The highest BCUT2D eigenvalue weighted by molar-refractivity contribution is 6.39. The maximum atomic E-state index is 12.4. The van der Waals surface area contributed by atoms with E-state index >= 15 is 0 Å². The second-order valence-electron chi connectivity index (χ2n) is 3.37. The standard InChI is InChI=1S/C11H8F3N3O2/c12-11(13,14)7-2-1-3-8(6-7)17-10(19)9(18)16-5-4-15/h1-3,6H,5H2,(H,16,18)(H,17,19). The van der Waals surface area contributed by atoms with Crippen LogP contribution >= 0.6 is 0 Å². The first-order valence-electron chi connectivity index (χ1n) is 4.98. The van der Waals surface area contributed by atoms with Crippen LogP contribution in [0.1, 0.15) is 5.56 Å². The number of carbonyl (C=O) groups excluding carboxylic acids is 2. The van der Waals surface area contributed by atoms with Gasteiger partial charge in [-0.1, -0.05) is 6.07 Å². The number of nitrogens with zero attached hydrogens (tertiary/aromatic N) is 1. The molecule has 8 heteroatoms. The highest BCUT2D eigenvalue weighted by atomic mass is 19.4. The lowest BCUT2D eigenvalue weighted by Gasteiger charge is -2.09. The summed E-state index contributed by atoms with van der Waals surface area (Å²) in [5.41, 5.74) is -1.10. The lowest BCUT2D eigenvalue weighted by Crippen LogP contribution is -2.35. The van der Waals surface area contributed by atoms with Crippen LogP contribution in [0.5, 0.6) is 0 Å². The Morgan fingerprint density at radius 1 is 1.26 bits per heavy atom. The summed E-state index contributed by atoms with van der Waals surface area (Å²) in [5, 5.41) is 12.2. The van der Waals surface area contributed by atoms with Crippen LogP contribution < -0.4 is 10.6 Å². The molecule has 2 amide bonds. The third kappa shape index (κ3) is 4.31. The van der Waals surface area contributed by atoms with Crippen LogP contribution in [0, 0.1) is 11.3 Å². The van der Waals surface area contributed by atoms with E-state index in [1.807, 2.05) is 10.6 Å². The largest absolute Gasteiger partial charge is 0.416 e. The minimum atomic E-state index is -4.54. The molecule has 19 heavy (non-hydrogen) atoms. The van der Waals surface area contributed by atoms with E-state index < -0.39 is 23.6 Å². The van der Waals surface area contributed by atoms with Gasteiger partial charge in [0.1, 0.15) is 6.54 Å². The molecule has 0 unspecified atom stereocenters. The molecule has 100 valence electrons. The molecule has 0 saturated carbocycles. The monoisotopic (exact) mass is 271 g/mol. The molecule has 0 spiro atoms. The SMILES string of the molecule is N#CCNC(=O)C(=O)Nc1cccc(C(F)(F)F)c1. The summed E-state index contributed by atoms with van der Waals surface area (Å²) >= 11 is 0. The van der Waals surface area contributed by atoms with Gasteiger partial charge < -0.3 is 10.6 Å². The van der Waals surface area contributed by atoms with E-state index in [1.54, 1.807) is 6.07 Å². The molecule has 5 nitrogen and oxygen atoms in total. The number of nitriles is 1. The fraction of sp³-hybridized carbons (Fsp3) is 0.182. The quantitative estimate of drug-likeness (QED) is 0.628. The maximum Gasteiger partial charge on any atom is 0.416 e. The van der Waals surface area contributed by atoms with E-state index in [4.69, 9.17) is 5.26 Å². The first-order valence-corrected chi connectivity index (χ1v) is 4.98. The Morgan fingerprint density at radius 2 is 1.95 bits per heavy atom. The molecular formula is C11H8F3N3O2. The molecule has 0 heterocycles. The summed E-state index contributed by atoms with van der Waals surface area (Å²) in [5.74, 6) is -2.24. The van der Waals surface area contributed by atoms with Gasteiger partial charge in [0, 0.05) is 5.69 Å². The topological polar surface area (TPSA) is 82.0 Å². The molecule has 0 fully saturated rings. The van der Waals surface area contributed by atoms with Gasteiger partial charge in [-0.15, -0.1) is 0 Å². The number of carbonyl (C=O) groups is 2. The summed E-state index contributed by atoms with van der Waals surface area (Å²) in [6, 6.07) is 5.44. The van der Waals surface area contributed by atoms with E-state index in [1.165, 1.54) is 6.07 Å². The number of alkyl halides is 3. The van der Waals surface area contributed by atoms with E-state index in [0.29, 0.717) is 6.07 Å². The number of nitrogens with one attached hydrogen (secondary N) is 2. The average Bonchev–Trinajstić information content (AvgIpc) is 2.35. The van der Waals surface area contributed by atoms with Gasteiger partial charge in [-0.25, -0.2) is 0 Å². The molecule has 0 aromatic heterocycles. The molecule has 1 aromatic carbocycles. The Balaban J connectivity index is 2.76. The van der Waals surface area contributed by atoms with Crippen LogP contribution in [-0.2, 0) is 15.8 Å². The molecule has 0 aliphatic heterocycles. The Hall–Kier alpha value is -2.56. The van der Waals surface area contributed by atoms with Crippen LogP contribution in [-0.4, -0.2) is 18.4 Å². The molecular weight excluding hydrogens is 263 g/mol. The normalized spacial score (nSPS) is 10.4. The third-order valence-electron chi connectivity index (χ3n) is 1.98. The molecule has 0 bridgehead atoms. The number of hydrogen-bond donors (Lipinski definition) is 2. The van der Waals surface area contributed by atoms with Gasteiger partial charge in [0.2, 0.25) is 0 Å². The molecule has 0 saturated heterocycles. The van der Waals surface area contributed by atoms with Crippen molar-refractivity contribution in [2.45, 2.75) is 6.18 Å². The summed E-state index contributed by atoms with van der Waals surface area (Å²) in [7, 11) is 0. The van der Waals surface area contributed by atoms with Gasteiger partial charge >= 0.3 is 18.0 Å². The van der Waals surface area contributed by atoms with Crippen molar-refractivity contribution in [2.75, 3.05) is 11.9 Å². The molecule has 1 rings (SSSR count). The van der Waals surface area contributed by atoms with Gasteiger partial charge in [0.15, 0.2) is 0 Å². The number of rotatable bonds is 2. The number of halogens is 3. The molecule has 0 aliphatic carbocycles. The average molecular weight is 271 g/mol. The fourth-order valence-corrected chi connectivity index (χ4v) is 1.16. The van der Waals surface area contributed by atoms with Gasteiger partial charge in [0.05, 0.1) is 11.6 Å². The van der Waals surface area contributed by atoms with Gasteiger partial charge in [0.25, 0.3) is 0 Å². The Morgan fingerprint density at radius 3 is 2.53 bits per heavy atom. The minimum absolute atomic E-state index is 0.160. The lowest BCUT2D eigenvalue weighted by atomic mass is 10.2. The van der Waals surface area contributed by atoms with Crippen molar-refractivity contribution in [3.05, 3.63) is 29.8 Å². The molecule has 0 atom stereocenters. The second kappa shape index (κ2) is 5.86. The highest BCUT2D eigenvalue weighted by Gasteiger charge is 2.30. The Labute approximate surface area is 106 Å². The number of anilines is 1. The van der Waals surface area contributed by atoms with Crippen molar-refractivity contribution >= 4 is 17.5 Å². The predicted octanol–water partition coefficient (Wildman–Crippen LogP) is 1.28. The van der Waals surface area contributed by atoms with E-state index in [2.05, 4.69) is 0 Å². The number of amides is 2. The van der Waals surface area contributed by atoms with Crippen molar-refractivity contribution in [3.63, 3.8) is 0 Å². The zero-order chi connectivity index (χ0) is 14.5. The molecule has 0 radical (unpaired) electrons. The van der Waals surface area contributed by atoms with E-state index in [9.17, 15) is 22.8 Å². The van der Waals surface area contributed by atoms with Gasteiger partial charge in [-0.2, -0.15) is 18.4 Å². The summed E-state index contributed by atoms with van der Waals surface area (Å²) in [6.07, 6.45) is -4.54. The van der Waals surface area contributed by atoms with Gasteiger partial charge in [-0.3, -0.25) is 9.59 Å². The van der Waals surface area contributed by atoms with Crippen molar-refractivity contribution in [3.8, 4) is 6.07 Å². The van der Waals surface area contributed by atoms with Crippen molar-refractivity contribution < 1.29 is 22.8 Å². The smallest absolute Gasteiger partial charge is 0.335 e. The Bertz CT molecular complexity index is 535. The van der Waals surface area contributed by atoms with Crippen molar-refractivity contribution in [1.82, 2.24) is 5.32 Å². The van der Waals surface area contributed by atoms with Crippen molar-refractivity contribution in [1.29, 1.82) is 5.26 Å². The minimum Gasteiger partial charge on any atom is -0.335 e. The van der Waals surface area contributed by atoms with E-state index in [-0.39, 0.29) is 12.2 Å². The summed E-state index contributed by atoms with van der Waals surface area (Å²) in [4.78, 5) is 22.4. The Kier molecular flexibility index (Phi) is 4.47. The molecule has 1 aromatic rings. The molecule has 2 N–H and O–H groups in total. The summed E-state index contributed by atoms with van der Waals surface area (Å²) < 4.78 is 37.2. The van der Waals surface area contributed by atoms with Crippen molar-refractivity contribution in [2.24, 2.45) is 0 Å².